The molecule has 3 nitrogen and oxygen atoms in total. The molecule has 0 saturated heterocycles. The Kier molecular flexibility index (Phi) is 5.76. The van der Waals surface area contributed by atoms with E-state index in [-0.39, 0.29) is 11.9 Å². The summed E-state index contributed by atoms with van der Waals surface area (Å²) >= 11 is 6.23. The van der Waals surface area contributed by atoms with E-state index in [1.165, 1.54) is 12.1 Å². The predicted molar refractivity (Wildman–Crippen MR) is 84.1 cm³/mol. The fraction of sp³-hybridized carbons (Fsp3) is 0.438. The van der Waals surface area contributed by atoms with Crippen LogP contribution in [0.4, 0.5) is 4.39 Å². The lowest BCUT2D eigenvalue weighted by Gasteiger charge is -2.21. The lowest BCUT2D eigenvalue weighted by atomic mass is 10.1. The van der Waals surface area contributed by atoms with Gasteiger partial charge in [-0.25, -0.2) is 9.37 Å². The Balaban J connectivity index is 2.39. The van der Waals surface area contributed by atoms with Gasteiger partial charge in [0.1, 0.15) is 11.6 Å². The average molecular weight is 310 g/mol. The Morgan fingerprint density at radius 1 is 1.33 bits per heavy atom. The zero-order valence-corrected chi connectivity index (χ0v) is 13.2. The van der Waals surface area contributed by atoms with E-state index in [4.69, 9.17) is 11.6 Å². The van der Waals surface area contributed by atoms with E-state index in [2.05, 4.69) is 28.7 Å². The minimum Gasteiger partial charge on any atom is -0.333 e. The number of rotatable bonds is 7. The van der Waals surface area contributed by atoms with Gasteiger partial charge < -0.3 is 9.88 Å². The van der Waals surface area contributed by atoms with Crippen molar-refractivity contribution in [1.29, 1.82) is 0 Å². The maximum absolute atomic E-state index is 13.3. The van der Waals surface area contributed by atoms with Crippen LogP contribution in [0.3, 0.4) is 0 Å². The molecule has 1 heterocycles. The third-order valence-electron chi connectivity index (χ3n) is 3.34. The van der Waals surface area contributed by atoms with Gasteiger partial charge in [-0.3, -0.25) is 0 Å². The molecule has 2 rings (SSSR count). The van der Waals surface area contributed by atoms with Crippen molar-refractivity contribution in [3.05, 3.63) is 52.8 Å². The van der Waals surface area contributed by atoms with Gasteiger partial charge in [-0.2, -0.15) is 0 Å². The zero-order valence-electron chi connectivity index (χ0n) is 12.4. The number of benzene rings is 1. The van der Waals surface area contributed by atoms with Crippen LogP contribution in [0.2, 0.25) is 5.02 Å². The number of nitrogens with one attached hydrogen (secondary N) is 1. The molecule has 1 aromatic heterocycles. The van der Waals surface area contributed by atoms with Crippen molar-refractivity contribution in [2.24, 2.45) is 0 Å². The molecule has 5 heteroatoms. The Hall–Kier alpha value is -1.39. The number of hydrogen-bond donors (Lipinski definition) is 1. The summed E-state index contributed by atoms with van der Waals surface area (Å²) in [5.41, 5.74) is 0.857. The summed E-state index contributed by atoms with van der Waals surface area (Å²) in [4.78, 5) is 4.48. The van der Waals surface area contributed by atoms with Crippen LogP contribution < -0.4 is 5.32 Å². The number of aryl methyl sites for hydroxylation is 1. The second-order valence-corrected chi connectivity index (χ2v) is 5.44. The van der Waals surface area contributed by atoms with Crippen LogP contribution in [0.1, 0.15) is 44.1 Å². The van der Waals surface area contributed by atoms with Crippen molar-refractivity contribution < 1.29 is 4.39 Å². The summed E-state index contributed by atoms with van der Waals surface area (Å²) in [6.07, 6.45) is 5.80. The van der Waals surface area contributed by atoms with Gasteiger partial charge in [-0.05, 0) is 37.1 Å². The van der Waals surface area contributed by atoms with Gasteiger partial charge in [-0.15, -0.1) is 0 Å². The van der Waals surface area contributed by atoms with Gasteiger partial charge in [-0.1, -0.05) is 31.5 Å². The third-order valence-corrected chi connectivity index (χ3v) is 3.67. The molecule has 0 aliphatic carbocycles. The first-order valence-electron chi connectivity index (χ1n) is 7.36. The molecule has 0 fully saturated rings. The van der Waals surface area contributed by atoms with Crippen LogP contribution in [-0.2, 0) is 6.54 Å². The van der Waals surface area contributed by atoms with E-state index in [1.807, 2.05) is 6.20 Å². The Labute approximate surface area is 130 Å². The summed E-state index contributed by atoms with van der Waals surface area (Å²) in [6.45, 7) is 5.98. The molecule has 0 radical (unpaired) electrons. The maximum Gasteiger partial charge on any atom is 0.130 e. The molecular formula is C16H21ClFN3. The largest absolute Gasteiger partial charge is 0.333 e. The second kappa shape index (κ2) is 7.57. The molecule has 0 saturated carbocycles. The van der Waals surface area contributed by atoms with Gasteiger partial charge in [0.05, 0.1) is 6.04 Å². The topological polar surface area (TPSA) is 29.9 Å². The first-order valence-corrected chi connectivity index (χ1v) is 7.74. The summed E-state index contributed by atoms with van der Waals surface area (Å²) in [5.74, 6) is 0.591. The Bertz CT molecular complexity index is 583. The number of nitrogens with zero attached hydrogens (tertiary/aromatic N) is 2. The zero-order chi connectivity index (χ0) is 15.2. The molecule has 2 aromatic rings. The molecule has 114 valence electrons. The standard InChI is InChI=1S/C16H21ClFN3/c1-3-7-19-15(13-6-5-12(18)11-14(13)17)16-20-8-10-21(16)9-4-2/h5-6,8,10-11,15,19H,3-4,7,9H2,1-2H3. The highest BCUT2D eigenvalue weighted by molar-refractivity contribution is 6.31. The van der Waals surface area contributed by atoms with E-state index in [0.717, 1.165) is 37.3 Å². The van der Waals surface area contributed by atoms with E-state index < -0.39 is 0 Å². The van der Waals surface area contributed by atoms with Gasteiger partial charge >= 0.3 is 0 Å². The van der Waals surface area contributed by atoms with Crippen molar-refractivity contribution >= 4 is 11.6 Å². The van der Waals surface area contributed by atoms with Crippen LogP contribution >= 0.6 is 11.6 Å². The van der Waals surface area contributed by atoms with E-state index in [9.17, 15) is 4.39 Å². The van der Waals surface area contributed by atoms with Gasteiger partial charge in [0, 0.05) is 24.0 Å². The molecule has 0 aliphatic rings. The van der Waals surface area contributed by atoms with E-state index in [1.54, 1.807) is 12.3 Å². The van der Waals surface area contributed by atoms with Gasteiger partial charge in [0.15, 0.2) is 0 Å². The van der Waals surface area contributed by atoms with Crippen LogP contribution in [0.25, 0.3) is 0 Å². The number of aromatic nitrogens is 2. The molecule has 1 N–H and O–H groups in total. The first kappa shape index (κ1) is 16.0. The first-order chi connectivity index (χ1) is 10.2. The predicted octanol–water partition coefficient (Wildman–Crippen LogP) is 4.17. The van der Waals surface area contributed by atoms with E-state index in [0.29, 0.717) is 5.02 Å². The van der Waals surface area contributed by atoms with Crippen molar-refractivity contribution in [2.45, 2.75) is 39.3 Å². The van der Waals surface area contributed by atoms with Crippen LogP contribution in [0, 0.1) is 5.82 Å². The molecule has 0 spiro atoms. The van der Waals surface area contributed by atoms with Crippen LogP contribution in [-0.4, -0.2) is 16.1 Å². The Morgan fingerprint density at radius 2 is 2.14 bits per heavy atom. The lowest BCUT2D eigenvalue weighted by Crippen LogP contribution is -2.26. The van der Waals surface area contributed by atoms with Crippen molar-refractivity contribution in [3.8, 4) is 0 Å². The lowest BCUT2D eigenvalue weighted by molar-refractivity contribution is 0.529. The highest BCUT2D eigenvalue weighted by Gasteiger charge is 2.21. The molecule has 0 amide bonds. The average Bonchev–Trinajstić information content (AvgIpc) is 2.90. The molecular weight excluding hydrogens is 289 g/mol. The normalized spacial score (nSPS) is 12.6. The molecule has 1 aromatic carbocycles. The van der Waals surface area contributed by atoms with Crippen molar-refractivity contribution in [3.63, 3.8) is 0 Å². The fourth-order valence-electron chi connectivity index (χ4n) is 2.38. The molecule has 1 unspecified atom stereocenters. The number of halogens is 2. The van der Waals surface area contributed by atoms with E-state index >= 15 is 0 Å². The SMILES string of the molecule is CCCNC(c1ccc(F)cc1Cl)c1nccn1CCC. The highest BCUT2D eigenvalue weighted by Crippen LogP contribution is 2.28. The molecule has 21 heavy (non-hydrogen) atoms. The summed E-state index contributed by atoms with van der Waals surface area (Å²) in [7, 11) is 0. The third kappa shape index (κ3) is 3.83. The van der Waals surface area contributed by atoms with Gasteiger partial charge in [0.25, 0.3) is 0 Å². The van der Waals surface area contributed by atoms with Crippen molar-refractivity contribution in [2.75, 3.05) is 6.54 Å². The molecule has 0 aliphatic heterocycles. The minimum atomic E-state index is -0.324. The smallest absolute Gasteiger partial charge is 0.130 e. The maximum atomic E-state index is 13.3. The molecule has 0 bridgehead atoms. The second-order valence-electron chi connectivity index (χ2n) is 5.03. The van der Waals surface area contributed by atoms with Gasteiger partial charge in [0.2, 0.25) is 0 Å². The molecule has 1 atom stereocenters. The number of imidazole rings is 1. The van der Waals surface area contributed by atoms with Crippen LogP contribution in [0.5, 0.6) is 0 Å². The highest BCUT2D eigenvalue weighted by atomic mass is 35.5. The van der Waals surface area contributed by atoms with Crippen molar-refractivity contribution in [1.82, 2.24) is 14.9 Å². The summed E-state index contributed by atoms with van der Waals surface area (Å²) in [6, 6.07) is 4.40. The fourth-order valence-corrected chi connectivity index (χ4v) is 2.65. The quantitative estimate of drug-likeness (QED) is 0.831. The minimum absolute atomic E-state index is 0.125. The van der Waals surface area contributed by atoms with Crippen LogP contribution in [0.15, 0.2) is 30.6 Å². The summed E-state index contributed by atoms with van der Waals surface area (Å²) < 4.78 is 15.4. The monoisotopic (exact) mass is 309 g/mol. The summed E-state index contributed by atoms with van der Waals surface area (Å²) in [5, 5.41) is 3.88. The Morgan fingerprint density at radius 3 is 2.81 bits per heavy atom. The number of hydrogen-bond acceptors (Lipinski definition) is 2.